The molecule has 4 heteroatoms. The molecule has 1 aliphatic rings. The van der Waals surface area contributed by atoms with Gasteiger partial charge < -0.3 is 10.0 Å². The fraction of sp³-hybridized carbons (Fsp3) is 0.333. The molecule has 1 aromatic heterocycles. The molecule has 19 heavy (non-hydrogen) atoms. The van der Waals surface area contributed by atoms with Gasteiger partial charge in [-0.3, -0.25) is 0 Å². The third kappa shape index (κ3) is 2.43. The zero-order chi connectivity index (χ0) is 13.4. The molecule has 0 aliphatic carbocycles. The first-order valence-corrected chi connectivity index (χ1v) is 7.15. The molecule has 1 atom stereocenters. The first-order chi connectivity index (χ1) is 9.17. The van der Waals surface area contributed by atoms with Gasteiger partial charge in [-0.25, -0.2) is 4.39 Å². The number of hydrogen-bond acceptors (Lipinski definition) is 3. The average molecular weight is 277 g/mol. The molecule has 1 N–H and O–H groups in total. The van der Waals surface area contributed by atoms with Crippen molar-refractivity contribution in [3.63, 3.8) is 0 Å². The second-order valence-electron chi connectivity index (χ2n) is 5.05. The van der Waals surface area contributed by atoms with Gasteiger partial charge in [0.25, 0.3) is 0 Å². The molecule has 0 radical (unpaired) electrons. The number of fused-ring (bicyclic) bond motifs is 1. The third-order valence-electron chi connectivity index (χ3n) is 3.60. The van der Waals surface area contributed by atoms with E-state index < -0.39 is 0 Å². The van der Waals surface area contributed by atoms with Crippen molar-refractivity contribution in [2.75, 3.05) is 13.6 Å². The lowest BCUT2D eigenvalue weighted by molar-refractivity contribution is 0.285. The Balaban J connectivity index is 2.02. The van der Waals surface area contributed by atoms with Crippen molar-refractivity contribution in [2.45, 2.75) is 19.1 Å². The highest BCUT2D eigenvalue weighted by Crippen LogP contribution is 2.37. The van der Waals surface area contributed by atoms with Gasteiger partial charge in [-0.1, -0.05) is 12.1 Å². The Morgan fingerprint density at radius 1 is 1.37 bits per heavy atom. The van der Waals surface area contributed by atoms with Crippen molar-refractivity contribution in [1.82, 2.24) is 4.90 Å². The van der Waals surface area contributed by atoms with Crippen LogP contribution in [0.2, 0.25) is 0 Å². The zero-order valence-electron chi connectivity index (χ0n) is 10.8. The van der Waals surface area contributed by atoms with Crippen LogP contribution in [-0.4, -0.2) is 23.6 Å². The quantitative estimate of drug-likeness (QED) is 0.912. The second kappa shape index (κ2) is 5.04. The van der Waals surface area contributed by atoms with E-state index in [0.29, 0.717) is 0 Å². The molecule has 1 aromatic carbocycles. The minimum Gasteiger partial charge on any atom is -0.391 e. The van der Waals surface area contributed by atoms with E-state index in [1.807, 2.05) is 12.1 Å². The molecule has 1 unspecified atom stereocenters. The summed E-state index contributed by atoms with van der Waals surface area (Å²) in [4.78, 5) is 4.59. The predicted molar refractivity (Wildman–Crippen MR) is 74.8 cm³/mol. The third-order valence-corrected chi connectivity index (χ3v) is 4.72. The fourth-order valence-corrected chi connectivity index (χ4v) is 3.87. The number of nitrogens with zero attached hydrogens (tertiary/aromatic N) is 1. The summed E-state index contributed by atoms with van der Waals surface area (Å²) in [6, 6.07) is 8.85. The molecular formula is C15H16FNOS. The summed E-state index contributed by atoms with van der Waals surface area (Å²) in [5.41, 5.74) is 2.43. The topological polar surface area (TPSA) is 23.5 Å². The van der Waals surface area contributed by atoms with Gasteiger partial charge in [-0.15, -0.1) is 11.3 Å². The lowest BCUT2D eigenvalue weighted by atomic mass is 9.88. The van der Waals surface area contributed by atoms with Crippen LogP contribution in [0.25, 0.3) is 0 Å². The number of thiophene rings is 1. The Labute approximate surface area is 116 Å². The molecule has 0 spiro atoms. The van der Waals surface area contributed by atoms with Crippen LogP contribution in [0.4, 0.5) is 4.39 Å². The van der Waals surface area contributed by atoms with Gasteiger partial charge in [0.05, 0.1) is 6.61 Å². The molecule has 0 saturated heterocycles. The van der Waals surface area contributed by atoms with Crippen LogP contribution in [0.15, 0.2) is 30.3 Å². The van der Waals surface area contributed by atoms with E-state index in [-0.39, 0.29) is 18.3 Å². The molecule has 3 rings (SSSR count). The van der Waals surface area contributed by atoms with Gasteiger partial charge in [0, 0.05) is 28.8 Å². The lowest BCUT2D eigenvalue weighted by Crippen LogP contribution is -2.29. The van der Waals surface area contributed by atoms with Gasteiger partial charge in [0.1, 0.15) is 5.82 Å². The van der Waals surface area contributed by atoms with Crippen LogP contribution in [0.1, 0.15) is 26.8 Å². The van der Waals surface area contributed by atoms with Gasteiger partial charge in [0.2, 0.25) is 0 Å². The molecule has 1 aliphatic heterocycles. The lowest BCUT2D eigenvalue weighted by Gasteiger charge is -2.30. The molecule has 0 fully saturated rings. The fourth-order valence-electron chi connectivity index (χ4n) is 2.70. The SMILES string of the molecule is CN1Cc2sc(CO)cc2C(c2ccc(F)cc2)C1. The Hall–Kier alpha value is -1.23. The van der Waals surface area contributed by atoms with Crippen LogP contribution in [-0.2, 0) is 13.2 Å². The first kappa shape index (κ1) is 12.8. The van der Waals surface area contributed by atoms with Gasteiger partial charge in [0.15, 0.2) is 0 Å². The number of hydrogen-bond donors (Lipinski definition) is 1. The number of halogens is 1. The van der Waals surface area contributed by atoms with E-state index in [2.05, 4.69) is 18.0 Å². The van der Waals surface area contributed by atoms with Crippen molar-refractivity contribution in [3.8, 4) is 0 Å². The highest BCUT2D eigenvalue weighted by molar-refractivity contribution is 7.12. The van der Waals surface area contributed by atoms with Crippen molar-refractivity contribution >= 4 is 11.3 Å². The summed E-state index contributed by atoms with van der Waals surface area (Å²) >= 11 is 1.67. The van der Waals surface area contributed by atoms with E-state index in [1.54, 1.807) is 11.3 Å². The Kier molecular flexibility index (Phi) is 3.39. The summed E-state index contributed by atoms with van der Waals surface area (Å²) in [7, 11) is 2.10. The standard InChI is InChI=1S/C15H16FNOS/c1-17-7-14(10-2-4-11(16)5-3-10)13-6-12(9-18)19-15(13)8-17/h2-6,14,18H,7-9H2,1H3. The maximum atomic E-state index is 13.0. The summed E-state index contributed by atoms with van der Waals surface area (Å²) in [5.74, 6) is 0.0698. The largest absolute Gasteiger partial charge is 0.391 e. The normalized spacial score (nSPS) is 19.4. The number of aliphatic hydroxyl groups excluding tert-OH is 1. The Morgan fingerprint density at radius 2 is 2.11 bits per heavy atom. The van der Waals surface area contributed by atoms with Crippen molar-refractivity contribution in [1.29, 1.82) is 0 Å². The van der Waals surface area contributed by atoms with E-state index in [4.69, 9.17) is 0 Å². The average Bonchev–Trinajstić information content (AvgIpc) is 2.81. The minimum atomic E-state index is -0.200. The predicted octanol–water partition coefficient (Wildman–Crippen LogP) is 2.96. The van der Waals surface area contributed by atoms with E-state index >= 15 is 0 Å². The van der Waals surface area contributed by atoms with Crippen molar-refractivity contribution in [2.24, 2.45) is 0 Å². The molecule has 2 aromatic rings. The molecule has 0 bridgehead atoms. The van der Waals surface area contributed by atoms with Crippen molar-refractivity contribution in [3.05, 3.63) is 57.0 Å². The smallest absolute Gasteiger partial charge is 0.123 e. The summed E-state index contributed by atoms with van der Waals surface area (Å²) in [6.07, 6.45) is 0. The maximum absolute atomic E-state index is 13.0. The number of aliphatic hydroxyl groups is 1. The first-order valence-electron chi connectivity index (χ1n) is 6.33. The molecule has 2 heterocycles. The van der Waals surface area contributed by atoms with Gasteiger partial charge in [-0.05, 0) is 36.4 Å². The Bertz CT molecular complexity index is 578. The summed E-state index contributed by atoms with van der Waals surface area (Å²) < 4.78 is 13.0. The Morgan fingerprint density at radius 3 is 2.79 bits per heavy atom. The zero-order valence-corrected chi connectivity index (χ0v) is 11.6. The summed E-state index contributed by atoms with van der Waals surface area (Å²) in [5, 5.41) is 9.29. The van der Waals surface area contributed by atoms with E-state index in [0.717, 1.165) is 23.5 Å². The number of rotatable bonds is 2. The van der Waals surface area contributed by atoms with Crippen LogP contribution >= 0.6 is 11.3 Å². The summed E-state index contributed by atoms with van der Waals surface area (Å²) in [6.45, 7) is 1.95. The monoisotopic (exact) mass is 277 g/mol. The second-order valence-corrected chi connectivity index (χ2v) is 6.27. The maximum Gasteiger partial charge on any atom is 0.123 e. The minimum absolute atomic E-state index is 0.0948. The molecule has 100 valence electrons. The van der Waals surface area contributed by atoms with Crippen LogP contribution in [0.3, 0.4) is 0 Å². The molecular weight excluding hydrogens is 261 g/mol. The number of likely N-dealkylation sites (N-methyl/N-ethyl adjacent to an activating group) is 1. The van der Waals surface area contributed by atoms with Gasteiger partial charge in [-0.2, -0.15) is 0 Å². The van der Waals surface area contributed by atoms with Crippen LogP contribution in [0.5, 0.6) is 0 Å². The van der Waals surface area contributed by atoms with Crippen molar-refractivity contribution < 1.29 is 9.50 Å². The number of benzene rings is 1. The van der Waals surface area contributed by atoms with E-state index in [9.17, 15) is 9.50 Å². The highest BCUT2D eigenvalue weighted by Gasteiger charge is 2.26. The highest BCUT2D eigenvalue weighted by atomic mass is 32.1. The van der Waals surface area contributed by atoms with Gasteiger partial charge >= 0.3 is 0 Å². The molecule has 0 amide bonds. The molecule has 2 nitrogen and oxygen atoms in total. The van der Waals surface area contributed by atoms with E-state index in [1.165, 1.54) is 22.6 Å². The molecule has 0 saturated carbocycles. The van der Waals surface area contributed by atoms with Crippen LogP contribution in [0, 0.1) is 5.82 Å². The van der Waals surface area contributed by atoms with Crippen LogP contribution < -0.4 is 0 Å².